The normalized spacial score (nSPS) is 12.1. The van der Waals surface area contributed by atoms with Gasteiger partial charge in [0.1, 0.15) is 11.8 Å². The third kappa shape index (κ3) is 2.53. The SMILES string of the molecule is COc1ccccc1NC(=O)C(C)n1cnc2ccccc21. The number of nitrogens with zero attached hydrogens (tertiary/aromatic N) is 2. The zero-order valence-corrected chi connectivity index (χ0v) is 12.5. The highest BCUT2D eigenvalue weighted by molar-refractivity contribution is 5.95. The maximum atomic E-state index is 12.5. The van der Waals surface area contributed by atoms with Crippen molar-refractivity contribution in [2.75, 3.05) is 12.4 Å². The van der Waals surface area contributed by atoms with Crippen LogP contribution in [0.5, 0.6) is 5.75 Å². The lowest BCUT2D eigenvalue weighted by Crippen LogP contribution is -2.23. The Morgan fingerprint density at radius 3 is 2.73 bits per heavy atom. The first kappa shape index (κ1) is 14.1. The van der Waals surface area contributed by atoms with E-state index in [9.17, 15) is 4.79 Å². The molecule has 0 bridgehead atoms. The summed E-state index contributed by atoms with van der Waals surface area (Å²) >= 11 is 0. The van der Waals surface area contributed by atoms with Crippen LogP contribution in [0.3, 0.4) is 0 Å². The summed E-state index contributed by atoms with van der Waals surface area (Å²) in [5.74, 6) is 0.520. The molecule has 0 aliphatic carbocycles. The zero-order valence-electron chi connectivity index (χ0n) is 12.5. The highest BCUT2D eigenvalue weighted by atomic mass is 16.5. The van der Waals surface area contributed by atoms with Crippen LogP contribution in [0.25, 0.3) is 11.0 Å². The second-order valence-corrected chi connectivity index (χ2v) is 5.01. The Balaban J connectivity index is 1.86. The van der Waals surface area contributed by atoms with Gasteiger partial charge in [0, 0.05) is 0 Å². The number of aromatic nitrogens is 2. The Labute approximate surface area is 128 Å². The van der Waals surface area contributed by atoms with E-state index in [-0.39, 0.29) is 11.9 Å². The fraction of sp³-hybridized carbons (Fsp3) is 0.176. The minimum atomic E-state index is -0.377. The lowest BCUT2D eigenvalue weighted by Gasteiger charge is -2.16. The van der Waals surface area contributed by atoms with E-state index in [1.165, 1.54) is 0 Å². The van der Waals surface area contributed by atoms with Gasteiger partial charge in [0.2, 0.25) is 5.91 Å². The molecule has 112 valence electrons. The van der Waals surface area contributed by atoms with Gasteiger partial charge in [-0.1, -0.05) is 24.3 Å². The molecule has 0 saturated heterocycles. The Morgan fingerprint density at radius 1 is 1.18 bits per heavy atom. The summed E-state index contributed by atoms with van der Waals surface area (Å²) in [5, 5.41) is 2.90. The molecule has 1 amide bonds. The van der Waals surface area contributed by atoms with Crippen LogP contribution in [0, 0.1) is 0 Å². The first-order valence-electron chi connectivity index (χ1n) is 7.06. The Hall–Kier alpha value is -2.82. The van der Waals surface area contributed by atoms with Gasteiger partial charge in [-0.15, -0.1) is 0 Å². The van der Waals surface area contributed by atoms with Gasteiger partial charge in [0.05, 0.1) is 30.2 Å². The summed E-state index contributed by atoms with van der Waals surface area (Å²) in [6.45, 7) is 1.85. The molecule has 0 aliphatic heterocycles. The molecule has 5 nitrogen and oxygen atoms in total. The van der Waals surface area contributed by atoms with Crippen molar-refractivity contribution in [2.24, 2.45) is 0 Å². The van der Waals surface area contributed by atoms with Crippen molar-refractivity contribution in [3.05, 3.63) is 54.9 Å². The van der Waals surface area contributed by atoms with Gasteiger partial charge < -0.3 is 14.6 Å². The van der Waals surface area contributed by atoms with E-state index in [1.54, 1.807) is 13.4 Å². The molecule has 1 heterocycles. The summed E-state index contributed by atoms with van der Waals surface area (Å²) < 4.78 is 7.11. The van der Waals surface area contributed by atoms with Crippen molar-refractivity contribution in [2.45, 2.75) is 13.0 Å². The van der Waals surface area contributed by atoms with E-state index in [0.29, 0.717) is 11.4 Å². The van der Waals surface area contributed by atoms with Gasteiger partial charge in [-0.05, 0) is 31.2 Å². The largest absolute Gasteiger partial charge is 0.495 e. The fourth-order valence-electron chi connectivity index (χ4n) is 2.40. The van der Waals surface area contributed by atoms with Crippen molar-refractivity contribution < 1.29 is 9.53 Å². The molecule has 22 heavy (non-hydrogen) atoms. The molecule has 1 unspecified atom stereocenters. The predicted octanol–water partition coefficient (Wildman–Crippen LogP) is 3.24. The number of benzene rings is 2. The molecular formula is C17H17N3O2. The fourth-order valence-corrected chi connectivity index (χ4v) is 2.40. The van der Waals surface area contributed by atoms with Gasteiger partial charge in [-0.25, -0.2) is 4.98 Å². The summed E-state index contributed by atoms with van der Waals surface area (Å²) in [6, 6.07) is 14.7. The topological polar surface area (TPSA) is 56.1 Å². The van der Waals surface area contributed by atoms with Crippen LogP contribution in [0.2, 0.25) is 0 Å². The Morgan fingerprint density at radius 2 is 1.91 bits per heavy atom. The van der Waals surface area contributed by atoms with Gasteiger partial charge >= 0.3 is 0 Å². The second kappa shape index (κ2) is 5.89. The van der Waals surface area contributed by atoms with Crippen molar-refractivity contribution in [3.63, 3.8) is 0 Å². The van der Waals surface area contributed by atoms with Gasteiger partial charge in [0.25, 0.3) is 0 Å². The molecule has 1 atom stereocenters. The standard InChI is InChI=1S/C17H17N3O2/c1-12(20-11-18-13-7-3-5-9-15(13)20)17(21)19-14-8-4-6-10-16(14)22-2/h3-12H,1-2H3,(H,19,21). The number of hydrogen-bond donors (Lipinski definition) is 1. The highest BCUT2D eigenvalue weighted by Crippen LogP contribution is 2.25. The van der Waals surface area contributed by atoms with E-state index in [0.717, 1.165) is 11.0 Å². The van der Waals surface area contributed by atoms with Crippen LogP contribution >= 0.6 is 0 Å². The molecule has 0 radical (unpaired) electrons. The van der Waals surface area contributed by atoms with E-state index < -0.39 is 0 Å². The first-order chi connectivity index (χ1) is 10.7. The predicted molar refractivity (Wildman–Crippen MR) is 86.1 cm³/mol. The molecule has 0 saturated carbocycles. The number of fused-ring (bicyclic) bond motifs is 1. The Bertz CT molecular complexity index is 810. The van der Waals surface area contributed by atoms with Crippen LogP contribution < -0.4 is 10.1 Å². The van der Waals surface area contributed by atoms with Crippen LogP contribution in [0.1, 0.15) is 13.0 Å². The molecule has 1 N–H and O–H groups in total. The molecule has 1 aromatic heterocycles. The number of amides is 1. The maximum absolute atomic E-state index is 12.5. The van der Waals surface area contributed by atoms with Crippen LogP contribution in [0.15, 0.2) is 54.9 Å². The van der Waals surface area contributed by atoms with Gasteiger partial charge in [-0.2, -0.15) is 0 Å². The highest BCUT2D eigenvalue weighted by Gasteiger charge is 2.18. The third-order valence-electron chi connectivity index (χ3n) is 3.64. The number of hydrogen-bond acceptors (Lipinski definition) is 3. The van der Waals surface area contributed by atoms with E-state index >= 15 is 0 Å². The van der Waals surface area contributed by atoms with Crippen molar-refractivity contribution in [1.29, 1.82) is 0 Å². The molecule has 2 aromatic carbocycles. The zero-order chi connectivity index (χ0) is 15.5. The van der Waals surface area contributed by atoms with E-state index in [2.05, 4.69) is 10.3 Å². The van der Waals surface area contributed by atoms with Crippen molar-refractivity contribution >= 4 is 22.6 Å². The van der Waals surface area contributed by atoms with Crippen LogP contribution in [-0.2, 0) is 4.79 Å². The number of ether oxygens (including phenoxy) is 1. The summed E-state index contributed by atoms with van der Waals surface area (Å²) in [4.78, 5) is 16.8. The molecule has 0 spiro atoms. The van der Waals surface area contributed by atoms with Crippen LogP contribution in [0.4, 0.5) is 5.69 Å². The first-order valence-corrected chi connectivity index (χ1v) is 7.06. The number of anilines is 1. The van der Waals surface area contributed by atoms with Gasteiger partial charge in [-0.3, -0.25) is 4.79 Å². The van der Waals surface area contributed by atoms with Crippen molar-refractivity contribution in [1.82, 2.24) is 9.55 Å². The number of imidazole rings is 1. The minimum absolute atomic E-state index is 0.118. The molecule has 5 heteroatoms. The molecule has 3 aromatic rings. The average molecular weight is 295 g/mol. The monoisotopic (exact) mass is 295 g/mol. The quantitative estimate of drug-likeness (QED) is 0.804. The Kier molecular flexibility index (Phi) is 3.78. The number of para-hydroxylation sites is 4. The molecular weight excluding hydrogens is 278 g/mol. The molecule has 3 rings (SSSR count). The lowest BCUT2D eigenvalue weighted by atomic mass is 10.2. The minimum Gasteiger partial charge on any atom is -0.495 e. The summed E-state index contributed by atoms with van der Waals surface area (Å²) in [6.07, 6.45) is 1.69. The number of carbonyl (C=O) groups is 1. The van der Waals surface area contributed by atoms with Gasteiger partial charge in [0.15, 0.2) is 0 Å². The second-order valence-electron chi connectivity index (χ2n) is 5.01. The van der Waals surface area contributed by atoms with E-state index in [4.69, 9.17) is 4.74 Å². The van der Waals surface area contributed by atoms with Crippen LogP contribution in [-0.4, -0.2) is 22.6 Å². The summed E-state index contributed by atoms with van der Waals surface area (Å²) in [7, 11) is 1.58. The number of carbonyl (C=O) groups excluding carboxylic acids is 1. The molecule has 0 fully saturated rings. The average Bonchev–Trinajstić information content (AvgIpc) is 2.98. The number of nitrogens with one attached hydrogen (secondary N) is 1. The van der Waals surface area contributed by atoms with Crippen molar-refractivity contribution in [3.8, 4) is 5.75 Å². The number of methoxy groups -OCH3 is 1. The van der Waals surface area contributed by atoms with E-state index in [1.807, 2.05) is 60.0 Å². The maximum Gasteiger partial charge on any atom is 0.247 e. The lowest BCUT2D eigenvalue weighted by molar-refractivity contribution is -0.118. The third-order valence-corrected chi connectivity index (χ3v) is 3.64. The number of rotatable bonds is 4. The molecule has 0 aliphatic rings. The smallest absolute Gasteiger partial charge is 0.247 e. The summed E-state index contributed by atoms with van der Waals surface area (Å²) in [5.41, 5.74) is 2.47.